The van der Waals surface area contributed by atoms with Crippen LogP contribution in [-0.4, -0.2) is 59.6 Å². The first kappa shape index (κ1) is 16.4. The zero-order chi connectivity index (χ0) is 16.6. The lowest BCUT2D eigenvalue weighted by atomic mass is 9.97. The van der Waals surface area contributed by atoms with E-state index in [0.29, 0.717) is 31.2 Å². The molecule has 1 aromatic heterocycles. The van der Waals surface area contributed by atoms with Crippen molar-refractivity contribution >= 4 is 15.9 Å². The van der Waals surface area contributed by atoms with Crippen molar-refractivity contribution in [2.24, 2.45) is 5.92 Å². The minimum absolute atomic E-state index is 0.00306. The van der Waals surface area contributed by atoms with Gasteiger partial charge in [0.05, 0.1) is 18.2 Å². The fourth-order valence-electron chi connectivity index (χ4n) is 3.43. The first-order valence-electron chi connectivity index (χ1n) is 7.92. The van der Waals surface area contributed by atoms with Crippen LogP contribution in [0.3, 0.4) is 0 Å². The summed E-state index contributed by atoms with van der Waals surface area (Å²) in [5, 5.41) is 3.94. The largest absolute Gasteiger partial charge is 0.340 e. The highest BCUT2D eigenvalue weighted by Crippen LogP contribution is 2.33. The second-order valence-corrected chi connectivity index (χ2v) is 8.30. The molecule has 23 heavy (non-hydrogen) atoms. The first-order chi connectivity index (χ1) is 10.9. The summed E-state index contributed by atoms with van der Waals surface area (Å²) in [5.41, 5.74) is 0. The van der Waals surface area contributed by atoms with Crippen molar-refractivity contribution in [2.45, 2.75) is 38.6 Å². The molecule has 0 bridgehead atoms. The maximum Gasteiger partial charge on any atom is 0.227 e. The van der Waals surface area contributed by atoms with Crippen LogP contribution in [0.2, 0.25) is 0 Å². The predicted molar refractivity (Wildman–Crippen MR) is 81.9 cm³/mol. The van der Waals surface area contributed by atoms with Crippen LogP contribution in [0.15, 0.2) is 4.52 Å². The van der Waals surface area contributed by atoms with Gasteiger partial charge in [0.25, 0.3) is 0 Å². The van der Waals surface area contributed by atoms with E-state index in [0.717, 1.165) is 19.3 Å². The summed E-state index contributed by atoms with van der Waals surface area (Å²) in [7, 11) is -3.26. The Morgan fingerprint density at radius 1 is 1.26 bits per heavy atom. The van der Waals surface area contributed by atoms with Crippen molar-refractivity contribution in [3.8, 4) is 0 Å². The normalized spacial score (nSPS) is 26.6. The van der Waals surface area contributed by atoms with Gasteiger partial charge in [-0.25, -0.2) is 12.7 Å². The molecule has 2 atom stereocenters. The monoisotopic (exact) mass is 342 g/mol. The lowest BCUT2D eigenvalue weighted by molar-refractivity contribution is -0.137. The van der Waals surface area contributed by atoms with Crippen LogP contribution in [0.25, 0.3) is 0 Å². The molecule has 3 rings (SSSR count). The van der Waals surface area contributed by atoms with Crippen LogP contribution >= 0.6 is 0 Å². The van der Waals surface area contributed by atoms with Crippen molar-refractivity contribution in [2.75, 3.05) is 25.9 Å². The summed E-state index contributed by atoms with van der Waals surface area (Å²) in [6.07, 6.45) is 4.34. The number of carbonyl (C=O) groups is 1. The minimum atomic E-state index is -3.26. The molecule has 128 valence electrons. The number of hydrogen-bond donors (Lipinski definition) is 0. The summed E-state index contributed by atoms with van der Waals surface area (Å²) in [5.74, 6) is 0.750. The Morgan fingerprint density at radius 3 is 2.65 bits per heavy atom. The smallest absolute Gasteiger partial charge is 0.227 e. The zero-order valence-corrected chi connectivity index (χ0v) is 14.3. The Morgan fingerprint density at radius 2 is 2.00 bits per heavy atom. The van der Waals surface area contributed by atoms with E-state index in [2.05, 4.69) is 10.1 Å². The third-order valence-corrected chi connectivity index (χ3v) is 5.85. The molecular formula is C14H22N4O4S. The number of rotatable bonds is 3. The standard InChI is InChI=1S/C14H22N4O4S/c1-10-15-13(16-22-10)12-6-4-8-18(12)14(19)11-5-3-7-17(9-11)23(2,20)21/h11-12H,3-9H2,1-2H3/t11-,12-/m0/s1. The number of sulfonamides is 1. The Labute approximate surface area is 135 Å². The van der Waals surface area contributed by atoms with Crippen molar-refractivity contribution < 1.29 is 17.7 Å². The topological polar surface area (TPSA) is 96.6 Å². The maximum atomic E-state index is 12.9. The molecule has 1 amide bonds. The molecule has 2 fully saturated rings. The maximum absolute atomic E-state index is 12.9. The van der Waals surface area contributed by atoms with E-state index < -0.39 is 10.0 Å². The molecule has 2 saturated heterocycles. The highest BCUT2D eigenvalue weighted by atomic mass is 32.2. The molecular weight excluding hydrogens is 320 g/mol. The van der Waals surface area contributed by atoms with Gasteiger partial charge in [0.1, 0.15) is 0 Å². The Bertz CT molecular complexity index is 687. The van der Waals surface area contributed by atoms with Gasteiger partial charge in [-0.1, -0.05) is 5.16 Å². The van der Waals surface area contributed by atoms with Crippen LogP contribution in [0.5, 0.6) is 0 Å². The molecule has 0 aromatic carbocycles. The SMILES string of the molecule is Cc1nc([C@@H]2CCCN2C(=O)[C@H]2CCCN(S(C)(=O)=O)C2)no1. The van der Waals surface area contributed by atoms with E-state index in [4.69, 9.17) is 4.52 Å². The Hall–Kier alpha value is -1.48. The van der Waals surface area contributed by atoms with E-state index in [9.17, 15) is 13.2 Å². The van der Waals surface area contributed by atoms with Gasteiger partial charge in [-0.3, -0.25) is 4.79 Å². The molecule has 1 aromatic rings. The molecule has 0 spiro atoms. The van der Waals surface area contributed by atoms with Crippen LogP contribution < -0.4 is 0 Å². The van der Waals surface area contributed by atoms with Gasteiger partial charge in [0.2, 0.25) is 21.8 Å². The predicted octanol–water partition coefficient (Wildman–Crippen LogP) is 0.713. The summed E-state index contributed by atoms with van der Waals surface area (Å²) >= 11 is 0. The van der Waals surface area contributed by atoms with E-state index >= 15 is 0 Å². The van der Waals surface area contributed by atoms with Gasteiger partial charge in [-0.2, -0.15) is 4.98 Å². The Balaban J connectivity index is 1.74. The molecule has 0 unspecified atom stereocenters. The van der Waals surface area contributed by atoms with Gasteiger partial charge in [-0.15, -0.1) is 0 Å². The third kappa shape index (κ3) is 3.40. The van der Waals surface area contributed by atoms with Gasteiger partial charge in [0, 0.05) is 26.6 Å². The second-order valence-electron chi connectivity index (χ2n) is 6.32. The van der Waals surface area contributed by atoms with Crippen molar-refractivity contribution in [3.05, 3.63) is 11.7 Å². The molecule has 2 aliphatic rings. The van der Waals surface area contributed by atoms with Gasteiger partial charge in [0.15, 0.2) is 5.82 Å². The van der Waals surface area contributed by atoms with Crippen LogP contribution in [0, 0.1) is 12.8 Å². The molecule has 0 saturated carbocycles. The van der Waals surface area contributed by atoms with Crippen molar-refractivity contribution in [3.63, 3.8) is 0 Å². The highest BCUT2D eigenvalue weighted by molar-refractivity contribution is 7.88. The molecule has 3 heterocycles. The van der Waals surface area contributed by atoms with Gasteiger partial charge in [-0.05, 0) is 25.7 Å². The molecule has 2 aliphatic heterocycles. The number of aryl methyl sites for hydroxylation is 1. The molecule has 0 N–H and O–H groups in total. The van der Waals surface area contributed by atoms with Crippen LogP contribution in [0.4, 0.5) is 0 Å². The van der Waals surface area contributed by atoms with Gasteiger partial charge >= 0.3 is 0 Å². The fraction of sp³-hybridized carbons (Fsp3) is 0.786. The number of hydrogen-bond acceptors (Lipinski definition) is 6. The summed E-state index contributed by atoms with van der Waals surface area (Å²) in [4.78, 5) is 18.9. The van der Waals surface area contributed by atoms with E-state index in [1.54, 1.807) is 11.8 Å². The summed E-state index contributed by atoms with van der Waals surface area (Å²) in [6.45, 7) is 3.15. The van der Waals surface area contributed by atoms with Crippen molar-refractivity contribution in [1.29, 1.82) is 0 Å². The number of likely N-dealkylation sites (tertiary alicyclic amines) is 1. The average Bonchev–Trinajstić information content (AvgIpc) is 3.14. The summed E-state index contributed by atoms with van der Waals surface area (Å²) < 4.78 is 29.9. The first-order valence-corrected chi connectivity index (χ1v) is 9.77. The Kier molecular flexibility index (Phi) is 4.41. The van der Waals surface area contributed by atoms with E-state index in [1.165, 1.54) is 10.6 Å². The highest BCUT2D eigenvalue weighted by Gasteiger charge is 2.38. The molecule has 8 nitrogen and oxygen atoms in total. The van der Waals surface area contributed by atoms with E-state index in [1.807, 2.05) is 0 Å². The van der Waals surface area contributed by atoms with E-state index in [-0.39, 0.29) is 24.4 Å². The lowest BCUT2D eigenvalue weighted by Gasteiger charge is -2.33. The molecule has 0 radical (unpaired) electrons. The zero-order valence-electron chi connectivity index (χ0n) is 13.4. The number of amides is 1. The van der Waals surface area contributed by atoms with Crippen molar-refractivity contribution in [1.82, 2.24) is 19.3 Å². The van der Waals surface area contributed by atoms with Crippen LogP contribution in [-0.2, 0) is 14.8 Å². The number of nitrogens with zero attached hydrogens (tertiary/aromatic N) is 4. The summed E-state index contributed by atoms with van der Waals surface area (Å²) in [6, 6.07) is -0.159. The molecule has 9 heteroatoms. The number of aromatic nitrogens is 2. The van der Waals surface area contributed by atoms with Gasteiger partial charge < -0.3 is 9.42 Å². The van der Waals surface area contributed by atoms with Crippen LogP contribution in [0.1, 0.15) is 43.4 Å². The lowest BCUT2D eigenvalue weighted by Crippen LogP contribution is -2.46. The average molecular weight is 342 g/mol. The minimum Gasteiger partial charge on any atom is -0.340 e. The third-order valence-electron chi connectivity index (χ3n) is 4.58. The molecule has 0 aliphatic carbocycles. The number of piperidine rings is 1. The number of carbonyl (C=O) groups excluding carboxylic acids is 1. The quantitative estimate of drug-likeness (QED) is 0.803. The fourth-order valence-corrected chi connectivity index (χ4v) is 4.34. The second kappa shape index (κ2) is 6.20.